The summed E-state index contributed by atoms with van der Waals surface area (Å²) in [5, 5.41) is 4.34. The number of aromatic nitrogens is 1. The van der Waals surface area contributed by atoms with Crippen molar-refractivity contribution >= 4 is 51.5 Å². The number of carbonyl (C=O) groups is 2. The predicted octanol–water partition coefficient (Wildman–Crippen LogP) is 4.32. The zero-order valence-corrected chi connectivity index (χ0v) is 17.7. The molecule has 1 aromatic heterocycles. The quantitative estimate of drug-likeness (QED) is 0.505. The number of fused-ring (bicyclic) bond motifs is 1. The van der Waals surface area contributed by atoms with Gasteiger partial charge in [-0.2, -0.15) is 0 Å². The van der Waals surface area contributed by atoms with Crippen LogP contribution < -0.4 is 5.32 Å². The van der Waals surface area contributed by atoms with Crippen molar-refractivity contribution in [2.75, 3.05) is 7.11 Å². The molecule has 3 aromatic rings. The van der Waals surface area contributed by atoms with E-state index in [1.807, 2.05) is 67.1 Å². The fraction of sp³-hybridized carbons (Fsp3) is 0.174. The molecule has 1 aliphatic rings. The molecular weight excluding hydrogens is 398 g/mol. The summed E-state index contributed by atoms with van der Waals surface area (Å²) in [6.07, 6.45) is 3.70. The number of para-hydroxylation sites is 1. The van der Waals surface area contributed by atoms with Crippen LogP contribution >= 0.6 is 11.8 Å². The van der Waals surface area contributed by atoms with E-state index >= 15 is 0 Å². The van der Waals surface area contributed by atoms with Crippen molar-refractivity contribution in [1.29, 1.82) is 0 Å². The highest BCUT2D eigenvalue weighted by Gasteiger charge is 2.24. The maximum atomic E-state index is 12.5. The minimum atomic E-state index is -0.328. The van der Waals surface area contributed by atoms with Gasteiger partial charge in [0.2, 0.25) is 0 Å². The minimum absolute atomic E-state index is 0.110. The van der Waals surface area contributed by atoms with Gasteiger partial charge in [0.25, 0.3) is 5.91 Å². The van der Waals surface area contributed by atoms with Gasteiger partial charge in [-0.3, -0.25) is 9.59 Å². The van der Waals surface area contributed by atoms with Crippen molar-refractivity contribution < 1.29 is 14.3 Å². The van der Waals surface area contributed by atoms with E-state index in [-0.39, 0.29) is 18.4 Å². The topological polar surface area (TPSA) is 72.7 Å². The number of hydrogen-bond donors (Lipinski definition) is 1. The summed E-state index contributed by atoms with van der Waals surface area (Å²) in [7, 11) is 1.37. The molecule has 2 heterocycles. The lowest BCUT2D eigenvalue weighted by molar-refractivity contribution is -0.141. The van der Waals surface area contributed by atoms with E-state index in [1.165, 1.54) is 18.9 Å². The number of amidine groups is 1. The van der Waals surface area contributed by atoms with E-state index in [9.17, 15) is 9.59 Å². The zero-order chi connectivity index (χ0) is 21.3. The maximum absolute atomic E-state index is 12.5. The lowest BCUT2D eigenvalue weighted by Crippen LogP contribution is -2.19. The minimum Gasteiger partial charge on any atom is -0.468 e. The van der Waals surface area contributed by atoms with Gasteiger partial charge < -0.3 is 14.6 Å². The summed E-state index contributed by atoms with van der Waals surface area (Å²) in [6, 6.07) is 13.8. The van der Waals surface area contributed by atoms with Gasteiger partial charge in [-0.25, -0.2) is 4.99 Å². The summed E-state index contributed by atoms with van der Waals surface area (Å²) >= 11 is 1.31. The highest BCUT2D eigenvalue weighted by molar-refractivity contribution is 8.18. The third-order valence-electron chi connectivity index (χ3n) is 4.72. The number of esters is 1. The molecule has 2 aromatic carbocycles. The normalized spacial score (nSPS) is 16.4. The molecule has 0 radical (unpaired) electrons. The molecule has 1 amide bonds. The number of ether oxygens (including phenoxy) is 1. The molecule has 1 N–H and O–H groups in total. The number of aliphatic imine (C=N–C) groups is 1. The molecule has 0 spiro atoms. The van der Waals surface area contributed by atoms with Gasteiger partial charge in [0.1, 0.15) is 6.54 Å². The number of nitrogens with one attached hydrogen (secondary N) is 1. The van der Waals surface area contributed by atoms with Crippen LogP contribution in [0.25, 0.3) is 17.0 Å². The van der Waals surface area contributed by atoms with E-state index in [0.29, 0.717) is 10.1 Å². The van der Waals surface area contributed by atoms with Crippen molar-refractivity contribution in [3.63, 3.8) is 0 Å². The Labute approximate surface area is 178 Å². The van der Waals surface area contributed by atoms with E-state index in [4.69, 9.17) is 4.74 Å². The number of nitrogens with zero attached hydrogens (tertiary/aromatic N) is 2. The van der Waals surface area contributed by atoms with Crippen LogP contribution in [0.15, 0.2) is 58.6 Å². The molecule has 0 atom stereocenters. The van der Waals surface area contributed by atoms with Crippen LogP contribution in [-0.2, 0) is 20.9 Å². The molecule has 0 bridgehead atoms. The van der Waals surface area contributed by atoms with Gasteiger partial charge in [-0.1, -0.05) is 24.3 Å². The Morgan fingerprint density at radius 2 is 1.93 bits per heavy atom. The lowest BCUT2D eigenvalue weighted by Gasteiger charge is -2.02. The van der Waals surface area contributed by atoms with Crippen LogP contribution in [0.3, 0.4) is 0 Å². The molecule has 1 aliphatic heterocycles. The SMILES string of the molecule is COC(=O)Cn1cc(/C=C2\SC(=Nc3cc(C)cc(C)c3)NC2=O)c2ccccc21. The van der Waals surface area contributed by atoms with E-state index in [1.54, 1.807) is 0 Å². The van der Waals surface area contributed by atoms with E-state index in [0.717, 1.165) is 33.3 Å². The third kappa shape index (κ3) is 4.16. The zero-order valence-electron chi connectivity index (χ0n) is 16.9. The number of benzene rings is 2. The van der Waals surface area contributed by atoms with Gasteiger partial charge in [0, 0.05) is 22.7 Å². The van der Waals surface area contributed by atoms with Gasteiger partial charge in [0.15, 0.2) is 5.17 Å². The van der Waals surface area contributed by atoms with E-state index < -0.39 is 0 Å². The first-order valence-electron chi connectivity index (χ1n) is 9.45. The molecule has 1 saturated heterocycles. The Morgan fingerprint density at radius 1 is 1.20 bits per heavy atom. The van der Waals surface area contributed by atoms with E-state index in [2.05, 4.69) is 16.4 Å². The van der Waals surface area contributed by atoms with Gasteiger partial charge >= 0.3 is 5.97 Å². The molecule has 0 unspecified atom stereocenters. The number of thioether (sulfide) groups is 1. The first kappa shape index (κ1) is 20.0. The summed E-state index contributed by atoms with van der Waals surface area (Å²) in [5.74, 6) is -0.515. The Balaban J connectivity index is 1.67. The largest absolute Gasteiger partial charge is 0.468 e. The molecular formula is C23H21N3O3S. The van der Waals surface area contributed by atoms with Crippen LogP contribution in [0.4, 0.5) is 5.69 Å². The Hall–Kier alpha value is -3.32. The van der Waals surface area contributed by atoms with Crippen molar-refractivity contribution in [2.24, 2.45) is 4.99 Å². The molecule has 30 heavy (non-hydrogen) atoms. The standard InChI is InChI=1S/C23H21N3O3S/c1-14-8-15(2)10-17(9-14)24-23-25-22(28)20(30-23)11-16-12-26(13-21(27)29-3)19-7-5-4-6-18(16)19/h4-12H,13H2,1-3H3,(H,24,25,28)/b20-11-. The lowest BCUT2D eigenvalue weighted by atomic mass is 10.1. The molecule has 0 aliphatic carbocycles. The van der Waals surface area contributed by atoms with Crippen LogP contribution in [-0.4, -0.2) is 28.7 Å². The Morgan fingerprint density at radius 3 is 2.67 bits per heavy atom. The second kappa shape index (κ2) is 8.20. The third-order valence-corrected chi connectivity index (χ3v) is 5.63. The smallest absolute Gasteiger partial charge is 0.325 e. The van der Waals surface area contributed by atoms with Crippen molar-refractivity contribution in [2.45, 2.75) is 20.4 Å². The Bertz CT molecular complexity index is 1200. The number of aryl methyl sites for hydroxylation is 2. The average molecular weight is 420 g/mol. The average Bonchev–Trinajstić information content (AvgIpc) is 3.21. The van der Waals surface area contributed by atoms with Crippen LogP contribution in [0.5, 0.6) is 0 Å². The molecule has 0 saturated carbocycles. The van der Waals surface area contributed by atoms with Crippen molar-refractivity contribution in [3.8, 4) is 0 Å². The summed E-state index contributed by atoms with van der Waals surface area (Å²) in [6.45, 7) is 4.15. The van der Waals surface area contributed by atoms with Crippen molar-refractivity contribution in [1.82, 2.24) is 9.88 Å². The fourth-order valence-corrected chi connectivity index (χ4v) is 4.31. The van der Waals surface area contributed by atoms with Gasteiger partial charge in [-0.15, -0.1) is 0 Å². The summed E-state index contributed by atoms with van der Waals surface area (Å²) < 4.78 is 6.62. The number of hydrogen-bond acceptors (Lipinski definition) is 5. The highest BCUT2D eigenvalue weighted by Crippen LogP contribution is 2.31. The first-order valence-corrected chi connectivity index (χ1v) is 10.3. The second-order valence-electron chi connectivity index (χ2n) is 7.13. The molecule has 1 fully saturated rings. The maximum Gasteiger partial charge on any atom is 0.325 e. The number of carbonyl (C=O) groups excluding carboxylic acids is 2. The Kier molecular flexibility index (Phi) is 5.46. The number of methoxy groups -OCH3 is 1. The highest BCUT2D eigenvalue weighted by atomic mass is 32.2. The molecule has 7 heteroatoms. The van der Waals surface area contributed by atoms with Gasteiger partial charge in [-0.05, 0) is 61.0 Å². The summed E-state index contributed by atoms with van der Waals surface area (Å²) in [5.41, 5.74) is 4.82. The summed E-state index contributed by atoms with van der Waals surface area (Å²) in [4.78, 5) is 29.4. The predicted molar refractivity (Wildman–Crippen MR) is 121 cm³/mol. The van der Waals surface area contributed by atoms with Gasteiger partial charge in [0.05, 0.1) is 17.7 Å². The molecule has 4 rings (SSSR count). The monoisotopic (exact) mass is 419 g/mol. The van der Waals surface area contributed by atoms with Crippen LogP contribution in [0, 0.1) is 13.8 Å². The van der Waals surface area contributed by atoms with Crippen LogP contribution in [0.2, 0.25) is 0 Å². The van der Waals surface area contributed by atoms with Crippen LogP contribution in [0.1, 0.15) is 16.7 Å². The molecule has 6 nitrogen and oxygen atoms in total. The number of rotatable bonds is 4. The molecule has 152 valence electrons. The van der Waals surface area contributed by atoms with Crippen molar-refractivity contribution in [3.05, 3.63) is 70.3 Å². The second-order valence-corrected chi connectivity index (χ2v) is 8.16. The first-order chi connectivity index (χ1) is 14.4. The number of amides is 1. The fourth-order valence-electron chi connectivity index (χ4n) is 3.48.